The van der Waals surface area contributed by atoms with E-state index >= 15 is 0 Å². The van der Waals surface area contributed by atoms with Crippen molar-refractivity contribution >= 4 is 23.8 Å². The normalized spacial score (nSPS) is 17.6. The molecule has 2 fully saturated rings. The molecule has 1 aromatic carbocycles. The van der Waals surface area contributed by atoms with Gasteiger partial charge < -0.3 is 10.1 Å². The molecule has 1 aliphatic carbocycles. The van der Waals surface area contributed by atoms with Gasteiger partial charge >= 0.3 is 6.03 Å². The minimum absolute atomic E-state index is 0.0345. The van der Waals surface area contributed by atoms with Crippen LogP contribution in [0.5, 0.6) is 5.75 Å². The maximum atomic E-state index is 12.7. The molecule has 0 aromatic heterocycles. The fourth-order valence-electron chi connectivity index (χ4n) is 3.78. The lowest BCUT2D eigenvalue weighted by molar-refractivity contribution is -0.133. The quantitative estimate of drug-likeness (QED) is 0.480. The van der Waals surface area contributed by atoms with Crippen molar-refractivity contribution in [3.05, 3.63) is 29.3 Å². The van der Waals surface area contributed by atoms with Gasteiger partial charge in [0.25, 0.3) is 11.8 Å². The number of nitrogens with zero attached hydrogens (tertiary/aromatic N) is 1. The van der Waals surface area contributed by atoms with Gasteiger partial charge in [0.2, 0.25) is 5.91 Å². The van der Waals surface area contributed by atoms with Crippen molar-refractivity contribution < 1.29 is 23.9 Å². The van der Waals surface area contributed by atoms with Crippen LogP contribution >= 0.6 is 0 Å². The molecule has 162 valence electrons. The number of amides is 5. The summed E-state index contributed by atoms with van der Waals surface area (Å²) in [5, 5.41) is 2.80. The molecular formula is C21H28N4O5. The van der Waals surface area contributed by atoms with Crippen molar-refractivity contribution in [2.75, 3.05) is 13.2 Å². The molecule has 0 radical (unpaired) electrons. The van der Waals surface area contributed by atoms with Gasteiger partial charge in [-0.2, -0.15) is 0 Å². The summed E-state index contributed by atoms with van der Waals surface area (Å²) in [5.41, 5.74) is 5.92. The van der Waals surface area contributed by atoms with Crippen molar-refractivity contribution in [1.29, 1.82) is 0 Å². The number of carbonyl (C=O) groups is 4. The van der Waals surface area contributed by atoms with Crippen LogP contribution in [-0.2, 0) is 14.4 Å². The first-order valence-electron chi connectivity index (χ1n) is 10.2. The minimum Gasteiger partial charge on any atom is -0.484 e. The molecule has 1 spiro atoms. The Labute approximate surface area is 175 Å². The van der Waals surface area contributed by atoms with Crippen molar-refractivity contribution in [3.63, 3.8) is 0 Å². The molecule has 3 rings (SSSR count). The molecule has 0 atom stereocenters. The predicted octanol–water partition coefficient (Wildman–Crippen LogP) is 1.47. The second kappa shape index (κ2) is 9.15. The van der Waals surface area contributed by atoms with Gasteiger partial charge in [0.15, 0.2) is 6.61 Å². The third-order valence-corrected chi connectivity index (χ3v) is 5.71. The van der Waals surface area contributed by atoms with Crippen LogP contribution in [-0.4, -0.2) is 47.3 Å². The van der Waals surface area contributed by atoms with Crippen LogP contribution in [0.3, 0.4) is 0 Å². The average molecular weight is 416 g/mol. The highest BCUT2D eigenvalue weighted by atomic mass is 16.5. The van der Waals surface area contributed by atoms with E-state index in [-0.39, 0.29) is 25.5 Å². The van der Waals surface area contributed by atoms with E-state index in [1.165, 1.54) is 0 Å². The lowest BCUT2D eigenvalue weighted by Crippen LogP contribution is -2.48. The zero-order chi connectivity index (χ0) is 21.7. The molecule has 30 heavy (non-hydrogen) atoms. The first kappa shape index (κ1) is 21.6. The molecule has 1 aromatic rings. The van der Waals surface area contributed by atoms with Gasteiger partial charge in [0.1, 0.15) is 11.3 Å². The number of hydrazine groups is 1. The molecule has 1 saturated heterocycles. The Kier molecular flexibility index (Phi) is 6.59. The van der Waals surface area contributed by atoms with E-state index < -0.39 is 23.4 Å². The lowest BCUT2D eigenvalue weighted by Gasteiger charge is -2.30. The summed E-state index contributed by atoms with van der Waals surface area (Å²) >= 11 is 0. The summed E-state index contributed by atoms with van der Waals surface area (Å²) in [6.45, 7) is 3.64. The van der Waals surface area contributed by atoms with E-state index in [0.29, 0.717) is 18.6 Å². The number of urea groups is 1. The summed E-state index contributed by atoms with van der Waals surface area (Å²) in [6.07, 6.45) is 4.02. The Balaban J connectivity index is 1.39. The summed E-state index contributed by atoms with van der Waals surface area (Å²) in [5.74, 6) is -0.710. The number of imide groups is 1. The van der Waals surface area contributed by atoms with Crippen LogP contribution < -0.4 is 20.9 Å². The molecule has 1 heterocycles. The number of aryl methyl sites for hydroxylation is 2. The van der Waals surface area contributed by atoms with Crippen LogP contribution in [0.4, 0.5) is 4.79 Å². The van der Waals surface area contributed by atoms with Crippen molar-refractivity contribution in [2.45, 2.75) is 57.9 Å². The van der Waals surface area contributed by atoms with Crippen molar-refractivity contribution in [2.24, 2.45) is 0 Å². The third kappa shape index (κ3) is 4.90. The van der Waals surface area contributed by atoms with E-state index in [2.05, 4.69) is 16.2 Å². The molecular weight excluding hydrogens is 388 g/mol. The van der Waals surface area contributed by atoms with Gasteiger partial charge in [-0.15, -0.1) is 0 Å². The first-order valence-corrected chi connectivity index (χ1v) is 10.2. The molecule has 2 aliphatic rings. The highest BCUT2D eigenvalue weighted by molar-refractivity contribution is 6.07. The first-order chi connectivity index (χ1) is 14.3. The number of rotatable bonds is 6. The largest absolute Gasteiger partial charge is 0.484 e. The number of ether oxygens (including phenoxy) is 1. The molecule has 5 amide bonds. The zero-order valence-electron chi connectivity index (χ0n) is 17.4. The summed E-state index contributed by atoms with van der Waals surface area (Å²) in [7, 11) is 0. The van der Waals surface area contributed by atoms with E-state index in [0.717, 1.165) is 35.3 Å². The topological polar surface area (TPSA) is 117 Å². The zero-order valence-corrected chi connectivity index (χ0v) is 17.4. The van der Waals surface area contributed by atoms with Crippen molar-refractivity contribution in [3.8, 4) is 5.75 Å². The van der Waals surface area contributed by atoms with Crippen LogP contribution in [0.25, 0.3) is 0 Å². The second-order valence-corrected chi connectivity index (χ2v) is 7.91. The summed E-state index contributed by atoms with van der Waals surface area (Å²) < 4.78 is 5.40. The van der Waals surface area contributed by atoms with E-state index in [1.54, 1.807) is 6.07 Å². The Morgan fingerprint density at radius 1 is 1.07 bits per heavy atom. The number of hydrogen-bond donors (Lipinski definition) is 3. The maximum Gasteiger partial charge on any atom is 0.325 e. The van der Waals surface area contributed by atoms with Crippen LogP contribution in [0.15, 0.2) is 18.2 Å². The Bertz CT molecular complexity index is 848. The van der Waals surface area contributed by atoms with Gasteiger partial charge in [-0.25, -0.2) is 4.79 Å². The van der Waals surface area contributed by atoms with E-state index in [4.69, 9.17) is 4.74 Å². The SMILES string of the molecule is Cc1ccc(OCC(=O)NNC(=O)CCN2C(=O)NC3(CCCCC3)C2=O)cc1C. The highest BCUT2D eigenvalue weighted by Crippen LogP contribution is 2.33. The molecule has 0 unspecified atom stereocenters. The van der Waals surface area contributed by atoms with E-state index in [1.807, 2.05) is 26.0 Å². The monoisotopic (exact) mass is 416 g/mol. The minimum atomic E-state index is -0.800. The molecule has 9 heteroatoms. The summed E-state index contributed by atoms with van der Waals surface area (Å²) in [4.78, 5) is 49.8. The van der Waals surface area contributed by atoms with Gasteiger partial charge in [-0.1, -0.05) is 25.3 Å². The average Bonchev–Trinajstić information content (AvgIpc) is 2.95. The number of hydrogen-bond acceptors (Lipinski definition) is 5. The number of nitrogens with one attached hydrogen (secondary N) is 3. The molecule has 0 bridgehead atoms. The van der Waals surface area contributed by atoms with Crippen LogP contribution in [0.1, 0.15) is 49.7 Å². The Hall–Kier alpha value is -3.10. The highest BCUT2D eigenvalue weighted by Gasteiger charge is 2.51. The maximum absolute atomic E-state index is 12.7. The van der Waals surface area contributed by atoms with Gasteiger partial charge in [0, 0.05) is 13.0 Å². The van der Waals surface area contributed by atoms with Crippen LogP contribution in [0, 0.1) is 13.8 Å². The van der Waals surface area contributed by atoms with Crippen LogP contribution in [0.2, 0.25) is 0 Å². The smallest absolute Gasteiger partial charge is 0.325 e. The molecule has 3 N–H and O–H groups in total. The van der Waals surface area contributed by atoms with Gasteiger partial charge in [0.05, 0.1) is 0 Å². The third-order valence-electron chi connectivity index (χ3n) is 5.71. The Morgan fingerprint density at radius 2 is 1.77 bits per heavy atom. The Morgan fingerprint density at radius 3 is 2.47 bits per heavy atom. The number of carbonyl (C=O) groups excluding carboxylic acids is 4. The van der Waals surface area contributed by atoms with Gasteiger partial charge in [-0.05, 0) is 49.9 Å². The number of benzene rings is 1. The lowest BCUT2D eigenvalue weighted by atomic mass is 9.82. The van der Waals surface area contributed by atoms with E-state index in [9.17, 15) is 19.2 Å². The fourth-order valence-corrected chi connectivity index (χ4v) is 3.78. The second-order valence-electron chi connectivity index (χ2n) is 7.91. The molecule has 1 saturated carbocycles. The summed E-state index contributed by atoms with van der Waals surface area (Å²) in [6, 6.07) is 5.04. The molecule has 1 aliphatic heterocycles. The standard InChI is InChI=1S/C21H28N4O5/c1-14-6-7-16(12-15(14)2)30-13-18(27)24-23-17(26)8-11-25-19(28)21(22-20(25)29)9-4-3-5-10-21/h6-7,12H,3-5,8-11,13H2,1-2H3,(H,22,29)(H,23,26)(H,24,27). The fraction of sp³-hybridized carbons (Fsp3) is 0.524. The van der Waals surface area contributed by atoms with Gasteiger partial charge in [-0.3, -0.25) is 30.1 Å². The predicted molar refractivity (Wildman–Crippen MR) is 108 cm³/mol. The molecule has 9 nitrogen and oxygen atoms in total. The van der Waals surface area contributed by atoms with Crippen molar-refractivity contribution in [1.82, 2.24) is 21.1 Å².